The van der Waals surface area contributed by atoms with Crippen LogP contribution in [0.25, 0.3) is 106 Å². The third kappa shape index (κ3) is 3.88. The Kier molecular flexibility index (Phi) is 5.84. The maximum atomic E-state index is 2.46. The molecule has 0 saturated heterocycles. The molecule has 0 bridgehead atoms. The number of hydrogen-bond donors (Lipinski definition) is 0. The lowest BCUT2D eigenvalue weighted by atomic mass is 10.0. The first kappa shape index (κ1) is 28.5. The van der Waals surface area contributed by atoms with Gasteiger partial charge in [-0.25, -0.2) is 0 Å². The van der Waals surface area contributed by atoms with Crippen molar-refractivity contribution in [2.24, 2.45) is 0 Å². The van der Waals surface area contributed by atoms with Gasteiger partial charge in [-0.15, -0.1) is 22.7 Å². The molecule has 0 atom stereocenters. The van der Waals surface area contributed by atoms with Gasteiger partial charge in [0, 0.05) is 68.6 Å². The van der Waals surface area contributed by atoms with Gasteiger partial charge in [0.1, 0.15) is 0 Å². The summed E-state index contributed by atoms with van der Waals surface area (Å²) in [6, 6.07) is 62.6. The first-order valence-corrected chi connectivity index (χ1v) is 19.3. The van der Waals surface area contributed by atoms with Crippen molar-refractivity contribution >= 4 is 107 Å². The first-order valence-electron chi connectivity index (χ1n) is 17.7. The molecule has 0 radical (unpaired) electrons. The van der Waals surface area contributed by atoms with Gasteiger partial charge in [0.2, 0.25) is 0 Å². The second-order valence-corrected chi connectivity index (χ2v) is 15.8. The summed E-state index contributed by atoms with van der Waals surface area (Å²) >= 11 is 3.80. The average Bonchev–Trinajstić information content (AvgIpc) is 3.95. The Morgan fingerprint density at radius 1 is 0.308 bits per heavy atom. The monoisotopic (exact) mass is 696 g/mol. The van der Waals surface area contributed by atoms with Crippen LogP contribution in [0.1, 0.15) is 0 Å². The zero-order valence-corrected chi connectivity index (χ0v) is 29.5. The zero-order chi connectivity index (χ0) is 33.9. The molecular formula is C48H28N2S2. The Balaban J connectivity index is 0.978. The van der Waals surface area contributed by atoms with Crippen molar-refractivity contribution in [1.82, 2.24) is 9.13 Å². The summed E-state index contributed by atoms with van der Waals surface area (Å²) in [5, 5.41) is 10.5. The van der Waals surface area contributed by atoms with Crippen molar-refractivity contribution in [3.63, 3.8) is 0 Å². The Hall–Kier alpha value is -6.20. The molecule has 0 aliphatic carbocycles. The molecule has 4 heteroatoms. The predicted molar refractivity (Wildman–Crippen MR) is 226 cm³/mol. The van der Waals surface area contributed by atoms with Crippen LogP contribution in [0.15, 0.2) is 170 Å². The van der Waals surface area contributed by atoms with Gasteiger partial charge in [0.25, 0.3) is 0 Å². The molecule has 4 aromatic heterocycles. The van der Waals surface area contributed by atoms with E-state index in [0.717, 1.165) is 0 Å². The average molecular weight is 697 g/mol. The molecule has 0 amide bonds. The van der Waals surface area contributed by atoms with Gasteiger partial charge in [-0.05, 0) is 65.7 Å². The van der Waals surface area contributed by atoms with Gasteiger partial charge in [0.05, 0.1) is 26.8 Å². The molecule has 2 nitrogen and oxygen atoms in total. The third-order valence-corrected chi connectivity index (χ3v) is 13.3. The van der Waals surface area contributed by atoms with Crippen LogP contribution in [0.4, 0.5) is 0 Å². The number of nitrogens with zero attached hydrogens (tertiary/aromatic N) is 2. The molecule has 4 heterocycles. The summed E-state index contributed by atoms with van der Waals surface area (Å²) < 4.78 is 10.3. The standard InChI is InChI=1S/C48H28N2S2/c1-5-13-40-33(9-1)36-25-26-38-35-11-4-8-16-44(35)52-48(38)46(36)50(40)32-23-19-30(20-24-32)29-17-21-31(22-18-29)49-41-14-6-2-12-39(41)45-42(49)28-27-37-34-10-3-7-15-43(34)51-47(37)45/h1-28H. The van der Waals surface area contributed by atoms with Crippen LogP contribution in [0.2, 0.25) is 0 Å². The van der Waals surface area contributed by atoms with Gasteiger partial charge >= 0.3 is 0 Å². The minimum atomic E-state index is 1.17. The summed E-state index contributed by atoms with van der Waals surface area (Å²) in [5.74, 6) is 0. The smallest absolute Gasteiger partial charge is 0.0719 e. The molecule has 0 saturated carbocycles. The topological polar surface area (TPSA) is 9.86 Å². The van der Waals surface area contributed by atoms with Crippen LogP contribution < -0.4 is 0 Å². The van der Waals surface area contributed by atoms with E-state index in [-0.39, 0.29) is 0 Å². The highest BCUT2D eigenvalue weighted by molar-refractivity contribution is 7.27. The third-order valence-electron chi connectivity index (χ3n) is 10.9. The molecule has 52 heavy (non-hydrogen) atoms. The number of hydrogen-bond acceptors (Lipinski definition) is 2. The maximum absolute atomic E-state index is 2.46. The maximum Gasteiger partial charge on any atom is 0.0719 e. The lowest BCUT2D eigenvalue weighted by Crippen LogP contribution is -1.95. The molecule has 0 N–H and O–H groups in total. The second kappa shape index (κ2) is 10.7. The normalized spacial score (nSPS) is 12.2. The minimum absolute atomic E-state index is 1.17. The lowest BCUT2D eigenvalue weighted by molar-refractivity contribution is 1.18. The number of rotatable bonds is 3. The highest BCUT2D eigenvalue weighted by atomic mass is 32.1. The highest BCUT2D eigenvalue weighted by Crippen LogP contribution is 2.45. The van der Waals surface area contributed by atoms with E-state index in [1.54, 1.807) is 0 Å². The van der Waals surface area contributed by atoms with E-state index >= 15 is 0 Å². The van der Waals surface area contributed by atoms with Crippen LogP contribution >= 0.6 is 22.7 Å². The van der Waals surface area contributed by atoms with E-state index in [1.807, 2.05) is 22.7 Å². The van der Waals surface area contributed by atoms with E-state index in [0.29, 0.717) is 0 Å². The van der Waals surface area contributed by atoms with Gasteiger partial charge in [0.15, 0.2) is 0 Å². The van der Waals surface area contributed by atoms with Gasteiger partial charge in [-0.2, -0.15) is 0 Å². The fraction of sp³-hybridized carbons (Fsp3) is 0. The summed E-state index contributed by atoms with van der Waals surface area (Å²) in [6.45, 7) is 0. The van der Waals surface area contributed by atoms with E-state index in [9.17, 15) is 0 Å². The molecular weight excluding hydrogens is 669 g/mol. The van der Waals surface area contributed by atoms with Crippen molar-refractivity contribution in [3.05, 3.63) is 170 Å². The summed E-state index contributed by atoms with van der Waals surface area (Å²) in [4.78, 5) is 0. The van der Waals surface area contributed by atoms with Gasteiger partial charge < -0.3 is 9.13 Å². The SMILES string of the molecule is c1ccc2c(c1)sc1c2ccc2c1c1ccccc1n2-c1ccc(-c2ccc(-n3c4ccccc4c4ccc5c6ccccc6sc5c43)cc2)cc1. The number of fused-ring (bicyclic) bond motifs is 14. The molecule has 0 aliphatic heterocycles. The van der Waals surface area contributed by atoms with Crippen LogP contribution in [0.5, 0.6) is 0 Å². The Bertz CT molecular complexity index is 3390. The minimum Gasteiger partial charge on any atom is -0.309 e. The largest absolute Gasteiger partial charge is 0.309 e. The highest BCUT2D eigenvalue weighted by Gasteiger charge is 2.19. The van der Waals surface area contributed by atoms with Gasteiger partial charge in [-0.1, -0.05) is 115 Å². The van der Waals surface area contributed by atoms with E-state index in [4.69, 9.17) is 0 Å². The molecule has 0 fully saturated rings. The van der Waals surface area contributed by atoms with Crippen LogP contribution in [0, 0.1) is 0 Å². The van der Waals surface area contributed by atoms with Crippen molar-refractivity contribution in [1.29, 1.82) is 0 Å². The fourth-order valence-electron chi connectivity index (χ4n) is 8.62. The molecule has 12 rings (SSSR count). The molecule has 0 unspecified atom stereocenters. The summed E-state index contributed by atoms with van der Waals surface area (Å²) in [6.07, 6.45) is 0. The van der Waals surface area contributed by atoms with E-state index in [1.165, 1.54) is 106 Å². The van der Waals surface area contributed by atoms with Crippen molar-refractivity contribution in [2.45, 2.75) is 0 Å². The quantitative estimate of drug-likeness (QED) is 0.174. The number of para-hydroxylation sites is 2. The summed E-state index contributed by atoms with van der Waals surface area (Å²) in [5.41, 5.74) is 9.76. The lowest BCUT2D eigenvalue weighted by Gasteiger charge is -2.11. The number of benzene rings is 8. The van der Waals surface area contributed by atoms with Crippen molar-refractivity contribution in [3.8, 4) is 22.5 Å². The fourth-order valence-corrected chi connectivity index (χ4v) is 11.1. The molecule has 8 aromatic carbocycles. The van der Waals surface area contributed by atoms with E-state index in [2.05, 4.69) is 179 Å². The zero-order valence-electron chi connectivity index (χ0n) is 27.9. The molecule has 242 valence electrons. The molecule has 0 spiro atoms. The van der Waals surface area contributed by atoms with E-state index < -0.39 is 0 Å². The summed E-state index contributed by atoms with van der Waals surface area (Å²) in [7, 11) is 0. The first-order chi connectivity index (χ1) is 25.8. The van der Waals surface area contributed by atoms with Gasteiger partial charge in [-0.3, -0.25) is 0 Å². The molecule has 12 aromatic rings. The second-order valence-electron chi connectivity index (χ2n) is 13.7. The Labute approximate surface area is 306 Å². The number of aromatic nitrogens is 2. The number of thiophene rings is 2. The molecule has 0 aliphatic rings. The van der Waals surface area contributed by atoms with Crippen LogP contribution in [0.3, 0.4) is 0 Å². The van der Waals surface area contributed by atoms with Crippen LogP contribution in [-0.4, -0.2) is 9.13 Å². The Morgan fingerprint density at radius 3 is 1.46 bits per heavy atom. The van der Waals surface area contributed by atoms with Crippen molar-refractivity contribution in [2.75, 3.05) is 0 Å². The van der Waals surface area contributed by atoms with Crippen molar-refractivity contribution < 1.29 is 0 Å². The predicted octanol–water partition coefficient (Wildman–Crippen LogP) is 14.3. The Morgan fingerprint density at radius 2 is 0.788 bits per heavy atom. The van der Waals surface area contributed by atoms with Crippen LogP contribution in [-0.2, 0) is 0 Å².